The molecule has 0 unspecified atom stereocenters. The fraction of sp³-hybridized carbons (Fsp3) is 0.833. The van der Waals surface area contributed by atoms with Crippen LogP contribution in [0, 0.1) is 5.92 Å². The molecule has 1 fully saturated rings. The lowest BCUT2D eigenvalue weighted by Crippen LogP contribution is -2.42. The van der Waals surface area contributed by atoms with Crippen molar-refractivity contribution in [2.45, 2.75) is 0 Å². The van der Waals surface area contributed by atoms with Gasteiger partial charge in [0.25, 0.3) is 0 Å². The molecule has 0 radical (unpaired) electrons. The number of methoxy groups -OCH3 is 1. The average Bonchev–Trinajstić information content (AvgIpc) is 1.64. The summed E-state index contributed by atoms with van der Waals surface area (Å²) in [6, 6.07) is 0. The predicted molar refractivity (Wildman–Crippen MR) is 35.4 cm³/mol. The summed E-state index contributed by atoms with van der Waals surface area (Å²) in [5, 5.41) is 2.98. The van der Waals surface area contributed by atoms with Crippen molar-refractivity contribution in [2.75, 3.05) is 27.3 Å². The highest BCUT2D eigenvalue weighted by atomic mass is 16.4. The Morgan fingerprint density at radius 3 is 2.00 bits per heavy atom. The first kappa shape index (κ1) is 8.59. The van der Waals surface area contributed by atoms with Gasteiger partial charge in [0.2, 0.25) is 0 Å². The highest BCUT2D eigenvalue weighted by Gasteiger charge is 2.13. The molecule has 0 amide bonds. The summed E-state index contributed by atoms with van der Waals surface area (Å²) in [6.45, 7) is 1.78. The summed E-state index contributed by atoms with van der Waals surface area (Å²) in [6.07, 6.45) is 0.997. The van der Waals surface area contributed by atoms with Crippen molar-refractivity contribution in [1.29, 1.82) is 0 Å². The maximum Gasteiger partial charge on any atom is 0.125 e. The average molecular weight is 131 g/mol. The summed E-state index contributed by atoms with van der Waals surface area (Å²) in [5.74, 6) is 0.324. The first-order valence-corrected chi connectivity index (χ1v) is 2.91. The van der Waals surface area contributed by atoms with E-state index in [1.807, 2.05) is 0 Å². The van der Waals surface area contributed by atoms with Gasteiger partial charge in [-0.25, -0.2) is 0 Å². The molecule has 1 aliphatic heterocycles. The van der Waals surface area contributed by atoms with Gasteiger partial charge < -0.3 is 14.8 Å². The molecule has 3 heteroatoms. The van der Waals surface area contributed by atoms with E-state index < -0.39 is 0 Å². The summed E-state index contributed by atoms with van der Waals surface area (Å²) in [5.41, 5.74) is 0. The zero-order valence-corrected chi connectivity index (χ0v) is 5.89. The van der Waals surface area contributed by atoms with E-state index in [1.54, 1.807) is 14.2 Å². The van der Waals surface area contributed by atoms with E-state index >= 15 is 0 Å². The van der Waals surface area contributed by atoms with Crippen LogP contribution in [0.4, 0.5) is 0 Å². The largest absolute Gasteiger partial charge is 0.388 e. The molecule has 9 heavy (non-hydrogen) atoms. The van der Waals surface area contributed by atoms with Crippen LogP contribution in [-0.2, 0) is 9.53 Å². The van der Waals surface area contributed by atoms with E-state index in [-0.39, 0.29) is 0 Å². The quantitative estimate of drug-likeness (QED) is 0.495. The van der Waals surface area contributed by atoms with Crippen molar-refractivity contribution >= 4 is 6.29 Å². The Balaban J connectivity index is 0.000000187. The van der Waals surface area contributed by atoms with Crippen LogP contribution < -0.4 is 5.32 Å². The number of carbonyl (C=O) groups excluding carboxylic acids is 1. The van der Waals surface area contributed by atoms with Crippen molar-refractivity contribution < 1.29 is 9.53 Å². The van der Waals surface area contributed by atoms with Gasteiger partial charge in [0, 0.05) is 33.2 Å². The van der Waals surface area contributed by atoms with Gasteiger partial charge >= 0.3 is 0 Å². The molecule has 3 nitrogen and oxygen atoms in total. The molecule has 0 aromatic heterocycles. The molecule has 0 saturated carbocycles. The van der Waals surface area contributed by atoms with Crippen LogP contribution in [0.3, 0.4) is 0 Å². The summed E-state index contributed by atoms with van der Waals surface area (Å²) < 4.78 is 4.25. The Kier molecular flexibility index (Phi) is 5.46. The number of ether oxygens (including phenoxy) is 1. The minimum absolute atomic E-state index is 0.324. The molecule has 0 atom stereocenters. The third kappa shape index (κ3) is 4.12. The molecule has 0 aromatic rings. The van der Waals surface area contributed by atoms with Gasteiger partial charge in [-0.1, -0.05) is 0 Å². The molecule has 1 aliphatic rings. The summed E-state index contributed by atoms with van der Waals surface area (Å²) >= 11 is 0. The second-order valence-corrected chi connectivity index (χ2v) is 1.96. The second-order valence-electron chi connectivity index (χ2n) is 1.96. The number of hydrogen-bond donors (Lipinski definition) is 1. The van der Waals surface area contributed by atoms with Gasteiger partial charge in [-0.05, 0) is 0 Å². The van der Waals surface area contributed by atoms with E-state index in [9.17, 15) is 4.79 Å². The Bertz CT molecular complexity index is 71.5. The molecular formula is C6H13NO2. The fourth-order valence-corrected chi connectivity index (χ4v) is 0.407. The second kappa shape index (κ2) is 5.72. The first-order valence-electron chi connectivity index (χ1n) is 2.91. The molecule has 1 heterocycles. The Hall–Kier alpha value is -0.410. The highest BCUT2D eigenvalue weighted by molar-refractivity contribution is 5.55. The van der Waals surface area contributed by atoms with Crippen LogP contribution in [0.2, 0.25) is 0 Å². The minimum atomic E-state index is 0.324. The molecule has 0 bridgehead atoms. The third-order valence-electron chi connectivity index (χ3n) is 1.01. The highest BCUT2D eigenvalue weighted by Crippen LogP contribution is 1.94. The van der Waals surface area contributed by atoms with Gasteiger partial charge in [0.15, 0.2) is 0 Å². The fourth-order valence-electron chi connectivity index (χ4n) is 0.407. The van der Waals surface area contributed by atoms with E-state index in [0.29, 0.717) is 5.92 Å². The van der Waals surface area contributed by atoms with Crippen molar-refractivity contribution in [3.05, 3.63) is 0 Å². The van der Waals surface area contributed by atoms with Crippen LogP contribution >= 0.6 is 0 Å². The lowest BCUT2D eigenvalue weighted by Gasteiger charge is -2.20. The number of nitrogens with one attached hydrogen (secondary N) is 1. The van der Waals surface area contributed by atoms with E-state index in [4.69, 9.17) is 0 Å². The van der Waals surface area contributed by atoms with Crippen molar-refractivity contribution in [3.63, 3.8) is 0 Å². The smallest absolute Gasteiger partial charge is 0.125 e. The minimum Gasteiger partial charge on any atom is -0.388 e. The number of rotatable bonds is 1. The van der Waals surface area contributed by atoms with Crippen molar-refractivity contribution in [3.8, 4) is 0 Å². The van der Waals surface area contributed by atoms with Gasteiger partial charge in [-0.15, -0.1) is 0 Å². The summed E-state index contributed by atoms with van der Waals surface area (Å²) in [4.78, 5) is 9.75. The number of carbonyl (C=O) groups is 1. The van der Waals surface area contributed by atoms with Gasteiger partial charge in [0.1, 0.15) is 6.29 Å². The number of hydrogen-bond acceptors (Lipinski definition) is 3. The van der Waals surface area contributed by atoms with Gasteiger partial charge in [-0.2, -0.15) is 0 Å². The van der Waals surface area contributed by atoms with Crippen LogP contribution in [0.5, 0.6) is 0 Å². The first-order chi connectivity index (χ1) is 4.35. The lowest BCUT2D eigenvalue weighted by molar-refractivity contribution is -0.112. The SMILES string of the molecule is COC.O=CC1CNC1. The zero-order chi connectivity index (χ0) is 7.11. The van der Waals surface area contributed by atoms with Gasteiger partial charge in [-0.3, -0.25) is 0 Å². The Labute approximate surface area is 55.4 Å². The molecule has 0 aliphatic carbocycles. The molecule has 1 saturated heterocycles. The standard InChI is InChI=1S/C4H7NO.C2H6O/c6-3-4-1-5-2-4;1-3-2/h3-5H,1-2H2;1-2H3. The van der Waals surface area contributed by atoms with E-state index in [0.717, 1.165) is 19.4 Å². The predicted octanol–water partition coefficient (Wildman–Crippen LogP) is -0.333. The van der Waals surface area contributed by atoms with Crippen molar-refractivity contribution in [2.24, 2.45) is 5.92 Å². The topological polar surface area (TPSA) is 38.3 Å². The van der Waals surface area contributed by atoms with E-state index in [1.165, 1.54) is 0 Å². The molecule has 54 valence electrons. The molecular weight excluding hydrogens is 118 g/mol. The lowest BCUT2D eigenvalue weighted by atomic mass is 10.1. The summed E-state index contributed by atoms with van der Waals surface area (Å²) in [7, 11) is 3.25. The normalized spacial score (nSPS) is 17.1. The van der Waals surface area contributed by atoms with Gasteiger partial charge in [0.05, 0.1) is 0 Å². The Morgan fingerprint density at radius 2 is 2.00 bits per heavy atom. The van der Waals surface area contributed by atoms with Crippen LogP contribution in [0.25, 0.3) is 0 Å². The molecule has 1 N–H and O–H groups in total. The Morgan fingerprint density at radius 1 is 1.56 bits per heavy atom. The monoisotopic (exact) mass is 131 g/mol. The van der Waals surface area contributed by atoms with E-state index in [2.05, 4.69) is 10.1 Å². The van der Waals surface area contributed by atoms with Crippen molar-refractivity contribution in [1.82, 2.24) is 5.32 Å². The van der Waals surface area contributed by atoms with Crippen LogP contribution in [-0.4, -0.2) is 33.6 Å². The molecule has 0 spiro atoms. The maximum atomic E-state index is 9.75. The molecule has 1 rings (SSSR count). The number of aldehydes is 1. The van der Waals surface area contributed by atoms with Crippen LogP contribution in [0.15, 0.2) is 0 Å². The third-order valence-corrected chi connectivity index (χ3v) is 1.01. The van der Waals surface area contributed by atoms with Crippen LogP contribution in [0.1, 0.15) is 0 Å². The zero-order valence-electron chi connectivity index (χ0n) is 5.89. The molecule has 0 aromatic carbocycles. The maximum absolute atomic E-state index is 9.75.